The van der Waals surface area contributed by atoms with Crippen LogP contribution in [0.4, 0.5) is 14.6 Å². The topological polar surface area (TPSA) is 46.8 Å². The molecule has 3 aromatic rings. The van der Waals surface area contributed by atoms with E-state index < -0.39 is 11.6 Å². The lowest BCUT2D eigenvalue weighted by atomic mass is 10.1. The van der Waals surface area contributed by atoms with E-state index in [9.17, 15) is 8.78 Å². The van der Waals surface area contributed by atoms with Gasteiger partial charge in [0.25, 0.3) is 0 Å². The van der Waals surface area contributed by atoms with Crippen molar-refractivity contribution in [2.24, 2.45) is 7.05 Å². The highest BCUT2D eigenvalue weighted by Crippen LogP contribution is 2.29. The number of halogens is 2. The summed E-state index contributed by atoms with van der Waals surface area (Å²) in [4.78, 5) is 10.4. The van der Waals surface area contributed by atoms with Gasteiger partial charge in [-0.2, -0.15) is 5.10 Å². The zero-order valence-electron chi connectivity index (χ0n) is 12.5. The molecule has 0 amide bonds. The molecule has 0 N–H and O–H groups in total. The molecule has 0 spiro atoms. The Balaban J connectivity index is 2.01. The molecule has 22 heavy (non-hydrogen) atoms. The van der Waals surface area contributed by atoms with Crippen LogP contribution in [0.25, 0.3) is 11.0 Å². The van der Waals surface area contributed by atoms with Gasteiger partial charge in [-0.1, -0.05) is 6.07 Å². The molecule has 0 aliphatic heterocycles. The molecule has 114 valence electrons. The molecule has 1 aromatic carbocycles. The molecule has 0 bridgehead atoms. The standard InChI is InChI=1S/C15H15F2N5/c1-9(10-4-5-12(16)13(17)6-10)21(2)14-11-7-20-22(3)15(11)19-8-18-14/h4-9H,1-3H3. The summed E-state index contributed by atoms with van der Waals surface area (Å²) in [5.41, 5.74) is 1.38. The van der Waals surface area contributed by atoms with E-state index in [-0.39, 0.29) is 6.04 Å². The van der Waals surface area contributed by atoms with E-state index >= 15 is 0 Å². The molecule has 0 radical (unpaired) electrons. The third kappa shape index (κ3) is 2.28. The first-order chi connectivity index (χ1) is 10.5. The van der Waals surface area contributed by atoms with Gasteiger partial charge in [0.05, 0.1) is 17.6 Å². The predicted octanol–water partition coefficient (Wildman–Crippen LogP) is 2.84. The number of anilines is 1. The van der Waals surface area contributed by atoms with E-state index in [2.05, 4.69) is 15.1 Å². The van der Waals surface area contributed by atoms with Crippen LogP contribution in [0.2, 0.25) is 0 Å². The van der Waals surface area contributed by atoms with Crippen LogP contribution in [0, 0.1) is 11.6 Å². The van der Waals surface area contributed by atoms with Gasteiger partial charge >= 0.3 is 0 Å². The monoisotopic (exact) mass is 303 g/mol. The number of hydrogen-bond acceptors (Lipinski definition) is 4. The summed E-state index contributed by atoms with van der Waals surface area (Å²) in [5, 5.41) is 4.98. The third-order valence-corrected chi connectivity index (χ3v) is 3.85. The normalized spacial score (nSPS) is 12.6. The van der Waals surface area contributed by atoms with Crippen LogP contribution < -0.4 is 4.90 Å². The fraction of sp³-hybridized carbons (Fsp3) is 0.267. The molecule has 0 aliphatic rings. The summed E-state index contributed by atoms with van der Waals surface area (Å²) < 4.78 is 28.2. The molecule has 0 fully saturated rings. The fourth-order valence-corrected chi connectivity index (χ4v) is 2.41. The Kier molecular flexibility index (Phi) is 3.48. The van der Waals surface area contributed by atoms with Crippen molar-refractivity contribution in [3.05, 3.63) is 47.9 Å². The van der Waals surface area contributed by atoms with E-state index in [1.165, 1.54) is 12.4 Å². The second-order valence-electron chi connectivity index (χ2n) is 5.16. The van der Waals surface area contributed by atoms with Gasteiger partial charge in [0.1, 0.15) is 12.1 Å². The highest BCUT2D eigenvalue weighted by Gasteiger charge is 2.18. The van der Waals surface area contributed by atoms with Crippen LogP contribution in [0.15, 0.2) is 30.7 Å². The minimum atomic E-state index is -0.855. The van der Waals surface area contributed by atoms with Crippen LogP contribution in [0.1, 0.15) is 18.5 Å². The Bertz CT molecular complexity index is 830. The second-order valence-corrected chi connectivity index (χ2v) is 5.16. The van der Waals surface area contributed by atoms with Gasteiger partial charge in [0.15, 0.2) is 17.3 Å². The van der Waals surface area contributed by atoms with Crippen molar-refractivity contribution >= 4 is 16.9 Å². The third-order valence-electron chi connectivity index (χ3n) is 3.85. The number of nitrogens with zero attached hydrogens (tertiary/aromatic N) is 5. The molecule has 1 unspecified atom stereocenters. The van der Waals surface area contributed by atoms with Gasteiger partial charge in [-0.25, -0.2) is 18.7 Å². The summed E-state index contributed by atoms with van der Waals surface area (Å²) in [6.45, 7) is 1.90. The van der Waals surface area contributed by atoms with Crippen LogP contribution in [0.3, 0.4) is 0 Å². The SMILES string of the molecule is CC(c1ccc(F)c(F)c1)N(C)c1ncnc2c1cnn2C. The molecule has 0 saturated carbocycles. The molecule has 3 rings (SSSR count). The second kappa shape index (κ2) is 5.32. The summed E-state index contributed by atoms with van der Waals surface area (Å²) in [6.07, 6.45) is 3.16. The van der Waals surface area contributed by atoms with Gasteiger partial charge in [-0.3, -0.25) is 4.68 Å². The minimum absolute atomic E-state index is 0.187. The van der Waals surface area contributed by atoms with Crippen LogP contribution in [-0.4, -0.2) is 26.8 Å². The smallest absolute Gasteiger partial charge is 0.163 e. The van der Waals surface area contributed by atoms with Gasteiger partial charge in [0, 0.05) is 14.1 Å². The highest BCUT2D eigenvalue weighted by molar-refractivity contribution is 5.86. The zero-order chi connectivity index (χ0) is 15.9. The maximum atomic E-state index is 13.4. The Morgan fingerprint density at radius 3 is 2.68 bits per heavy atom. The quantitative estimate of drug-likeness (QED) is 0.746. The Morgan fingerprint density at radius 1 is 1.18 bits per heavy atom. The summed E-state index contributed by atoms with van der Waals surface area (Å²) in [6, 6.07) is 3.72. The molecule has 2 aromatic heterocycles. The first-order valence-electron chi connectivity index (χ1n) is 6.79. The average Bonchev–Trinajstić information content (AvgIpc) is 2.90. The van der Waals surface area contributed by atoms with Crippen molar-refractivity contribution in [1.29, 1.82) is 0 Å². The molecule has 0 saturated heterocycles. The van der Waals surface area contributed by atoms with Crippen molar-refractivity contribution in [2.75, 3.05) is 11.9 Å². The van der Waals surface area contributed by atoms with Crippen molar-refractivity contribution in [3.8, 4) is 0 Å². The van der Waals surface area contributed by atoms with Crippen LogP contribution in [-0.2, 0) is 7.05 Å². The summed E-state index contributed by atoms with van der Waals surface area (Å²) in [5.74, 6) is -1.02. The highest BCUT2D eigenvalue weighted by atomic mass is 19.2. The summed E-state index contributed by atoms with van der Waals surface area (Å²) >= 11 is 0. The zero-order valence-corrected chi connectivity index (χ0v) is 12.5. The van der Waals surface area contributed by atoms with E-state index in [0.717, 1.165) is 11.5 Å². The van der Waals surface area contributed by atoms with Gasteiger partial charge in [-0.15, -0.1) is 0 Å². The van der Waals surface area contributed by atoms with E-state index in [4.69, 9.17) is 0 Å². The number of rotatable bonds is 3. The molecular weight excluding hydrogens is 288 g/mol. The first-order valence-corrected chi connectivity index (χ1v) is 6.79. The van der Waals surface area contributed by atoms with Crippen molar-refractivity contribution < 1.29 is 8.78 Å². The fourth-order valence-electron chi connectivity index (χ4n) is 2.41. The number of fused-ring (bicyclic) bond motifs is 1. The maximum absolute atomic E-state index is 13.4. The van der Waals surface area contributed by atoms with E-state index in [1.54, 1.807) is 24.0 Å². The molecule has 0 aliphatic carbocycles. The molecule has 1 atom stereocenters. The predicted molar refractivity (Wildman–Crippen MR) is 79.5 cm³/mol. The lowest BCUT2D eigenvalue weighted by molar-refractivity contribution is 0.505. The number of hydrogen-bond donors (Lipinski definition) is 0. The molecule has 5 nitrogen and oxygen atoms in total. The van der Waals surface area contributed by atoms with E-state index in [1.807, 2.05) is 18.9 Å². The first kappa shape index (κ1) is 14.4. The molecule has 2 heterocycles. The van der Waals surface area contributed by atoms with Crippen molar-refractivity contribution in [3.63, 3.8) is 0 Å². The average molecular weight is 303 g/mol. The number of benzene rings is 1. The largest absolute Gasteiger partial charge is 0.352 e. The number of aromatic nitrogens is 4. The Hall–Kier alpha value is -2.57. The van der Waals surface area contributed by atoms with Gasteiger partial charge in [0.2, 0.25) is 0 Å². The lowest BCUT2D eigenvalue weighted by Gasteiger charge is -2.26. The van der Waals surface area contributed by atoms with Crippen molar-refractivity contribution in [2.45, 2.75) is 13.0 Å². The van der Waals surface area contributed by atoms with Gasteiger partial charge in [-0.05, 0) is 24.6 Å². The Morgan fingerprint density at radius 2 is 1.95 bits per heavy atom. The molecular formula is C15H15F2N5. The minimum Gasteiger partial charge on any atom is -0.352 e. The van der Waals surface area contributed by atoms with Crippen molar-refractivity contribution in [1.82, 2.24) is 19.7 Å². The maximum Gasteiger partial charge on any atom is 0.163 e. The van der Waals surface area contributed by atoms with E-state index in [0.29, 0.717) is 17.0 Å². The van der Waals surface area contributed by atoms with Crippen LogP contribution in [0.5, 0.6) is 0 Å². The van der Waals surface area contributed by atoms with Gasteiger partial charge < -0.3 is 4.90 Å². The molecule has 7 heteroatoms. The number of aryl methyl sites for hydroxylation is 1. The summed E-state index contributed by atoms with van der Waals surface area (Å²) in [7, 11) is 3.65. The van der Waals surface area contributed by atoms with Crippen LogP contribution >= 0.6 is 0 Å². The Labute approximate surface area is 126 Å². The lowest BCUT2D eigenvalue weighted by Crippen LogP contribution is -2.23.